The summed E-state index contributed by atoms with van der Waals surface area (Å²) in [5.41, 5.74) is 3.39. The van der Waals surface area contributed by atoms with Crippen LogP contribution in [-0.2, 0) is 19.0 Å². The first kappa shape index (κ1) is 20.3. The van der Waals surface area contributed by atoms with Gasteiger partial charge < -0.3 is 4.74 Å². The predicted molar refractivity (Wildman–Crippen MR) is 105 cm³/mol. The van der Waals surface area contributed by atoms with Crippen LogP contribution in [0.2, 0.25) is 0 Å². The van der Waals surface area contributed by atoms with E-state index in [1.165, 1.54) is 28.5 Å². The maximum atomic E-state index is 13.5. The zero-order valence-corrected chi connectivity index (χ0v) is 16.3. The minimum atomic E-state index is -4.50. The highest BCUT2D eigenvalue weighted by atomic mass is 32.1. The minimum Gasteiger partial charge on any atom is -0.493 e. The van der Waals surface area contributed by atoms with Crippen molar-refractivity contribution >= 4 is 11.3 Å². The van der Waals surface area contributed by atoms with Gasteiger partial charge in [-0.1, -0.05) is 48.9 Å². The van der Waals surface area contributed by atoms with Gasteiger partial charge in [0, 0.05) is 12.0 Å². The summed E-state index contributed by atoms with van der Waals surface area (Å²) >= 11 is 1.19. The Labute approximate surface area is 166 Å². The number of aromatic nitrogens is 2. The molecule has 0 N–H and O–H groups in total. The van der Waals surface area contributed by atoms with Crippen LogP contribution in [0.25, 0.3) is 10.6 Å². The second kappa shape index (κ2) is 9.19. The van der Waals surface area contributed by atoms with E-state index in [0.717, 1.165) is 30.9 Å². The maximum Gasteiger partial charge on any atom is 0.419 e. The minimum absolute atomic E-state index is 0.166. The molecule has 0 fully saturated rings. The number of aryl methyl sites for hydroxylation is 1. The first-order chi connectivity index (χ1) is 13.5. The Kier molecular flexibility index (Phi) is 6.67. The van der Waals surface area contributed by atoms with E-state index in [9.17, 15) is 13.2 Å². The first-order valence-electron chi connectivity index (χ1n) is 9.15. The molecule has 0 aliphatic rings. The Hall–Kier alpha value is -2.41. The van der Waals surface area contributed by atoms with Gasteiger partial charge in [0.05, 0.1) is 12.2 Å². The molecule has 0 radical (unpaired) electrons. The summed E-state index contributed by atoms with van der Waals surface area (Å²) in [4.78, 5) is 0. The molecular weight excluding hydrogens is 385 g/mol. The average molecular weight is 406 g/mol. The number of hydrogen-bond acceptors (Lipinski definition) is 4. The Morgan fingerprint density at radius 3 is 2.32 bits per heavy atom. The third-order valence-corrected chi connectivity index (χ3v) is 5.12. The van der Waals surface area contributed by atoms with Gasteiger partial charge >= 0.3 is 6.18 Å². The summed E-state index contributed by atoms with van der Waals surface area (Å²) in [6, 6.07) is 12.2. The summed E-state index contributed by atoms with van der Waals surface area (Å²) < 4.78 is 45.8. The standard InChI is InChI=1S/C21H21F3N2OS/c1-2-3-4-15-5-7-16(8-6-15)11-12-27-19-10-9-17(20-26-25-14-28-20)13-18(19)21(22,23)24/h5-10,13-14H,2-4,11-12H2,1H3. The fraction of sp³-hybridized carbons (Fsp3) is 0.333. The number of benzene rings is 2. The molecule has 7 heteroatoms. The Bertz CT molecular complexity index is 878. The number of rotatable bonds is 8. The van der Waals surface area contributed by atoms with Crippen molar-refractivity contribution in [2.24, 2.45) is 0 Å². The highest BCUT2D eigenvalue weighted by Gasteiger charge is 2.35. The van der Waals surface area contributed by atoms with E-state index in [2.05, 4.69) is 29.3 Å². The largest absolute Gasteiger partial charge is 0.493 e. The molecule has 0 aliphatic carbocycles. The Morgan fingerprint density at radius 2 is 1.71 bits per heavy atom. The van der Waals surface area contributed by atoms with Crippen LogP contribution in [0.15, 0.2) is 48.0 Å². The molecule has 3 nitrogen and oxygen atoms in total. The lowest BCUT2D eigenvalue weighted by Crippen LogP contribution is -2.10. The number of nitrogens with zero attached hydrogens (tertiary/aromatic N) is 2. The molecule has 1 aromatic heterocycles. The topological polar surface area (TPSA) is 35.0 Å². The number of ether oxygens (including phenoxy) is 1. The molecular formula is C21H21F3N2OS. The van der Waals surface area contributed by atoms with Crippen molar-refractivity contribution in [3.63, 3.8) is 0 Å². The van der Waals surface area contributed by atoms with Crippen molar-refractivity contribution in [1.82, 2.24) is 10.2 Å². The van der Waals surface area contributed by atoms with Gasteiger partial charge in [-0.25, -0.2) is 0 Å². The molecule has 1 heterocycles. The zero-order valence-electron chi connectivity index (χ0n) is 15.5. The fourth-order valence-electron chi connectivity index (χ4n) is 2.84. The van der Waals surface area contributed by atoms with E-state index < -0.39 is 11.7 Å². The van der Waals surface area contributed by atoms with Crippen LogP contribution >= 0.6 is 11.3 Å². The lowest BCUT2D eigenvalue weighted by atomic mass is 10.1. The molecule has 0 aliphatic heterocycles. The van der Waals surface area contributed by atoms with Crippen molar-refractivity contribution < 1.29 is 17.9 Å². The SMILES string of the molecule is CCCCc1ccc(CCOc2ccc(-c3nncs3)cc2C(F)(F)F)cc1. The molecule has 0 atom stereocenters. The normalized spacial score (nSPS) is 11.6. The molecule has 0 spiro atoms. The summed E-state index contributed by atoms with van der Waals surface area (Å²) in [5, 5.41) is 7.95. The molecule has 148 valence electrons. The second-order valence-corrected chi connectivity index (χ2v) is 7.30. The van der Waals surface area contributed by atoms with E-state index in [1.54, 1.807) is 6.07 Å². The van der Waals surface area contributed by atoms with E-state index in [1.807, 2.05) is 12.1 Å². The quantitative estimate of drug-likeness (QED) is 0.447. The molecule has 0 unspecified atom stereocenters. The van der Waals surface area contributed by atoms with Gasteiger partial charge in [-0.3, -0.25) is 0 Å². The van der Waals surface area contributed by atoms with Crippen molar-refractivity contribution in [3.8, 4) is 16.3 Å². The maximum absolute atomic E-state index is 13.5. The third-order valence-electron chi connectivity index (χ3n) is 4.38. The first-order valence-corrected chi connectivity index (χ1v) is 10.0. The number of halogens is 3. The van der Waals surface area contributed by atoms with Crippen molar-refractivity contribution in [3.05, 3.63) is 64.7 Å². The zero-order chi connectivity index (χ0) is 20.0. The fourth-order valence-corrected chi connectivity index (χ4v) is 3.39. The van der Waals surface area contributed by atoms with Crippen LogP contribution < -0.4 is 4.74 Å². The molecule has 2 aromatic carbocycles. The highest BCUT2D eigenvalue weighted by molar-refractivity contribution is 7.12. The predicted octanol–water partition coefficient (Wildman–Crippen LogP) is 6.19. The summed E-state index contributed by atoms with van der Waals surface area (Å²) in [7, 11) is 0. The summed E-state index contributed by atoms with van der Waals surface area (Å²) in [6.45, 7) is 2.33. The van der Waals surface area contributed by atoms with E-state index >= 15 is 0 Å². The number of unbranched alkanes of at least 4 members (excludes halogenated alkanes) is 1. The monoisotopic (exact) mass is 406 g/mol. The van der Waals surface area contributed by atoms with Crippen molar-refractivity contribution in [2.45, 2.75) is 38.8 Å². The van der Waals surface area contributed by atoms with Gasteiger partial charge in [0.1, 0.15) is 16.3 Å². The summed E-state index contributed by atoms with van der Waals surface area (Å²) in [6.07, 6.45) is -0.617. The molecule has 3 aromatic rings. The van der Waals surface area contributed by atoms with Crippen molar-refractivity contribution in [1.29, 1.82) is 0 Å². The van der Waals surface area contributed by atoms with Crippen LogP contribution in [-0.4, -0.2) is 16.8 Å². The number of alkyl halides is 3. The molecule has 28 heavy (non-hydrogen) atoms. The molecule has 0 bridgehead atoms. The molecule has 0 saturated carbocycles. The van der Waals surface area contributed by atoms with E-state index in [4.69, 9.17) is 4.74 Å². The molecule has 0 saturated heterocycles. The Balaban J connectivity index is 1.66. The van der Waals surface area contributed by atoms with Gasteiger partial charge in [-0.2, -0.15) is 13.2 Å². The van der Waals surface area contributed by atoms with Gasteiger partial charge in [0.25, 0.3) is 0 Å². The van der Waals surface area contributed by atoms with Gasteiger partial charge in [0.2, 0.25) is 0 Å². The average Bonchev–Trinajstić information content (AvgIpc) is 3.21. The third kappa shape index (κ3) is 5.32. The van der Waals surface area contributed by atoms with Crippen LogP contribution in [0.4, 0.5) is 13.2 Å². The van der Waals surface area contributed by atoms with Crippen LogP contribution in [0.5, 0.6) is 5.75 Å². The van der Waals surface area contributed by atoms with E-state index in [0.29, 0.717) is 17.0 Å². The lowest BCUT2D eigenvalue weighted by Gasteiger charge is -2.15. The Morgan fingerprint density at radius 1 is 1.00 bits per heavy atom. The van der Waals surface area contributed by atoms with Gasteiger partial charge in [-0.05, 0) is 42.2 Å². The lowest BCUT2D eigenvalue weighted by molar-refractivity contribution is -0.138. The van der Waals surface area contributed by atoms with E-state index in [-0.39, 0.29) is 12.4 Å². The highest BCUT2D eigenvalue weighted by Crippen LogP contribution is 2.39. The van der Waals surface area contributed by atoms with Crippen LogP contribution in [0.3, 0.4) is 0 Å². The van der Waals surface area contributed by atoms with Crippen LogP contribution in [0, 0.1) is 0 Å². The van der Waals surface area contributed by atoms with Crippen molar-refractivity contribution in [2.75, 3.05) is 6.61 Å². The molecule has 3 rings (SSSR count). The molecule has 0 amide bonds. The smallest absolute Gasteiger partial charge is 0.419 e. The van der Waals surface area contributed by atoms with Gasteiger partial charge in [0.15, 0.2) is 0 Å². The van der Waals surface area contributed by atoms with Crippen LogP contribution in [0.1, 0.15) is 36.5 Å². The number of hydrogen-bond donors (Lipinski definition) is 0. The summed E-state index contributed by atoms with van der Waals surface area (Å²) in [5.74, 6) is -0.166. The van der Waals surface area contributed by atoms with Gasteiger partial charge in [-0.15, -0.1) is 10.2 Å². The second-order valence-electron chi connectivity index (χ2n) is 6.47.